The number of nitrogens with zero attached hydrogens (tertiary/aromatic N) is 2. The Morgan fingerprint density at radius 1 is 1.07 bits per heavy atom. The zero-order valence-corrected chi connectivity index (χ0v) is 17.3. The minimum absolute atomic E-state index is 0.0875. The van der Waals surface area contributed by atoms with E-state index in [1.807, 2.05) is 72.1 Å². The van der Waals surface area contributed by atoms with Gasteiger partial charge in [0.25, 0.3) is 0 Å². The number of ether oxygens (including phenoxy) is 1. The number of aromatic nitrogens is 2. The van der Waals surface area contributed by atoms with Crippen molar-refractivity contribution in [3.05, 3.63) is 89.1 Å². The van der Waals surface area contributed by atoms with Crippen LogP contribution in [0.15, 0.2) is 76.6 Å². The molecule has 2 heterocycles. The lowest BCUT2D eigenvalue weighted by Crippen LogP contribution is -2.29. The Labute approximate surface area is 178 Å². The van der Waals surface area contributed by atoms with E-state index < -0.39 is 0 Å². The highest BCUT2D eigenvalue weighted by Crippen LogP contribution is 2.25. The third-order valence-electron chi connectivity index (χ3n) is 4.66. The maximum Gasteiger partial charge on any atom is 0.227 e. The molecule has 0 aliphatic heterocycles. The second-order valence-electron chi connectivity index (χ2n) is 6.67. The van der Waals surface area contributed by atoms with Crippen LogP contribution in [-0.4, -0.2) is 23.2 Å². The summed E-state index contributed by atoms with van der Waals surface area (Å²) in [5.74, 6) is 1.69. The number of carbonyl (C=O) groups excluding carboxylic acids is 1. The van der Waals surface area contributed by atoms with Gasteiger partial charge in [0.1, 0.15) is 5.75 Å². The zero-order chi connectivity index (χ0) is 20.8. The lowest BCUT2D eigenvalue weighted by atomic mass is 9.98. The molecular formula is C23H21N3O3S. The number of carbonyl (C=O) groups is 1. The lowest BCUT2D eigenvalue weighted by Gasteiger charge is -2.20. The molecular weight excluding hydrogens is 398 g/mol. The molecule has 1 N–H and O–H groups in total. The fourth-order valence-electron chi connectivity index (χ4n) is 3.12. The van der Waals surface area contributed by atoms with Crippen molar-refractivity contribution in [3.8, 4) is 16.5 Å². The van der Waals surface area contributed by atoms with Gasteiger partial charge in [0.2, 0.25) is 17.6 Å². The fourth-order valence-corrected chi connectivity index (χ4v) is 3.77. The van der Waals surface area contributed by atoms with E-state index in [2.05, 4.69) is 15.5 Å². The van der Waals surface area contributed by atoms with Gasteiger partial charge in [-0.3, -0.25) is 4.79 Å². The molecule has 2 aromatic heterocycles. The van der Waals surface area contributed by atoms with Crippen LogP contribution in [0.25, 0.3) is 10.7 Å². The number of aryl methyl sites for hydroxylation is 1. The van der Waals surface area contributed by atoms with Crippen LogP contribution in [-0.2, 0) is 11.2 Å². The quantitative estimate of drug-likeness (QED) is 0.450. The van der Waals surface area contributed by atoms with E-state index in [0.717, 1.165) is 21.8 Å². The highest BCUT2D eigenvalue weighted by atomic mass is 32.1. The lowest BCUT2D eigenvalue weighted by molar-refractivity contribution is -0.121. The van der Waals surface area contributed by atoms with Gasteiger partial charge in [-0.05, 0) is 34.7 Å². The molecule has 0 spiro atoms. The molecule has 6 nitrogen and oxygen atoms in total. The summed E-state index contributed by atoms with van der Waals surface area (Å²) in [5.41, 5.74) is 1.99. The van der Waals surface area contributed by atoms with Crippen LogP contribution >= 0.6 is 11.3 Å². The third-order valence-corrected chi connectivity index (χ3v) is 5.53. The molecule has 0 aliphatic carbocycles. The first-order valence-electron chi connectivity index (χ1n) is 9.57. The summed E-state index contributed by atoms with van der Waals surface area (Å²) < 4.78 is 10.5. The van der Waals surface area contributed by atoms with E-state index in [9.17, 15) is 4.79 Å². The van der Waals surface area contributed by atoms with Gasteiger partial charge >= 0.3 is 0 Å². The van der Waals surface area contributed by atoms with Crippen LogP contribution in [0.3, 0.4) is 0 Å². The average molecular weight is 420 g/mol. The molecule has 4 rings (SSSR count). The van der Waals surface area contributed by atoms with Gasteiger partial charge in [-0.25, -0.2) is 0 Å². The SMILES string of the molecule is COc1ccc(C(NC(=O)CCc2nc(-c3cccs3)no2)c2ccccc2)cc1. The molecule has 152 valence electrons. The van der Waals surface area contributed by atoms with Crippen molar-refractivity contribution in [3.63, 3.8) is 0 Å². The molecule has 2 aromatic carbocycles. The van der Waals surface area contributed by atoms with Crippen LogP contribution in [0.5, 0.6) is 5.75 Å². The molecule has 4 aromatic rings. The maximum absolute atomic E-state index is 12.7. The standard InChI is InChI=1S/C23H21N3O3S/c1-28-18-11-9-17(10-12-18)22(16-6-3-2-4-7-16)24-20(27)13-14-21-25-23(26-29-21)19-8-5-15-30-19/h2-12,15,22H,13-14H2,1H3,(H,24,27). The van der Waals surface area contributed by atoms with Crippen molar-refractivity contribution in [1.29, 1.82) is 0 Å². The normalized spacial score (nSPS) is 11.8. The molecule has 0 aliphatic rings. The minimum atomic E-state index is -0.256. The van der Waals surface area contributed by atoms with Crippen molar-refractivity contribution in [2.75, 3.05) is 7.11 Å². The number of hydrogen-bond acceptors (Lipinski definition) is 6. The number of rotatable bonds is 8. The highest BCUT2D eigenvalue weighted by Gasteiger charge is 2.18. The molecule has 0 radical (unpaired) electrons. The van der Waals surface area contributed by atoms with E-state index in [0.29, 0.717) is 18.1 Å². The number of amides is 1. The van der Waals surface area contributed by atoms with E-state index in [-0.39, 0.29) is 18.4 Å². The predicted octanol–water partition coefficient (Wildman–Crippen LogP) is 4.65. The molecule has 1 atom stereocenters. The van der Waals surface area contributed by atoms with Crippen LogP contribution in [0.1, 0.15) is 29.5 Å². The summed E-state index contributed by atoms with van der Waals surface area (Å²) in [6.45, 7) is 0. The van der Waals surface area contributed by atoms with Crippen molar-refractivity contribution >= 4 is 17.2 Å². The van der Waals surface area contributed by atoms with E-state index in [1.165, 1.54) is 0 Å². The number of methoxy groups -OCH3 is 1. The largest absolute Gasteiger partial charge is 0.497 e. The van der Waals surface area contributed by atoms with Crippen LogP contribution in [0, 0.1) is 0 Å². The van der Waals surface area contributed by atoms with Gasteiger partial charge in [0, 0.05) is 12.8 Å². The molecule has 1 amide bonds. The van der Waals surface area contributed by atoms with Crippen molar-refractivity contribution in [2.24, 2.45) is 0 Å². The fraction of sp³-hybridized carbons (Fsp3) is 0.174. The smallest absolute Gasteiger partial charge is 0.227 e. The van der Waals surface area contributed by atoms with Crippen LogP contribution in [0.2, 0.25) is 0 Å². The summed E-state index contributed by atoms with van der Waals surface area (Å²) in [7, 11) is 1.63. The second-order valence-corrected chi connectivity index (χ2v) is 7.62. The summed E-state index contributed by atoms with van der Waals surface area (Å²) >= 11 is 1.55. The monoisotopic (exact) mass is 419 g/mol. The molecule has 0 bridgehead atoms. The van der Waals surface area contributed by atoms with Gasteiger partial charge in [-0.2, -0.15) is 4.98 Å². The predicted molar refractivity (Wildman–Crippen MR) is 115 cm³/mol. The number of benzene rings is 2. The number of hydrogen-bond donors (Lipinski definition) is 1. The van der Waals surface area contributed by atoms with E-state index in [4.69, 9.17) is 9.26 Å². The van der Waals surface area contributed by atoms with Gasteiger partial charge < -0.3 is 14.6 Å². The van der Waals surface area contributed by atoms with Gasteiger partial charge in [0.05, 0.1) is 18.0 Å². The second kappa shape index (κ2) is 9.37. The Kier molecular flexibility index (Phi) is 6.20. The Morgan fingerprint density at radius 3 is 2.53 bits per heavy atom. The van der Waals surface area contributed by atoms with Crippen molar-refractivity contribution in [2.45, 2.75) is 18.9 Å². The minimum Gasteiger partial charge on any atom is -0.497 e. The third kappa shape index (κ3) is 4.75. The summed E-state index contributed by atoms with van der Waals surface area (Å²) in [4.78, 5) is 18.0. The van der Waals surface area contributed by atoms with Gasteiger partial charge in [-0.1, -0.05) is 53.7 Å². The Balaban J connectivity index is 1.44. The molecule has 0 fully saturated rings. The van der Waals surface area contributed by atoms with Crippen LogP contribution < -0.4 is 10.1 Å². The number of thiophene rings is 1. The first kappa shape index (κ1) is 19.8. The highest BCUT2D eigenvalue weighted by molar-refractivity contribution is 7.13. The first-order chi connectivity index (χ1) is 14.7. The maximum atomic E-state index is 12.7. The molecule has 0 saturated carbocycles. The van der Waals surface area contributed by atoms with Gasteiger partial charge in [-0.15, -0.1) is 11.3 Å². The summed E-state index contributed by atoms with van der Waals surface area (Å²) in [6.07, 6.45) is 0.639. The Hall–Kier alpha value is -3.45. The molecule has 7 heteroatoms. The summed E-state index contributed by atoms with van der Waals surface area (Å²) in [5, 5.41) is 9.07. The topological polar surface area (TPSA) is 77.2 Å². The Morgan fingerprint density at radius 2 is 1.83 bits per heavy atom. The molecule has 1 unspecified atom stereocenters. The summed E-state index contributed by atoms with van der Waals surface area (Å²) in [6, 6.07) is 21.2. The molecule has 30 heavy (non-hydrogen) atoms. The Bertz CT molecular complexity index is 1080. The number of nitrogens with one attached hydrogen (secondary N) is 1. The average Bonchev–Trinajstić information content (AvgIpc) is 3.49. The van der Waals surface area contributed by atoms with Gasteiger partial charge in [0.15, 0.2) is 0 Å². The zero-order valence-electron chi connectivity index (χ0n) is 16.4. The van der Waals surface area contributed by atoms with E-state index in [1.54, 1.807) is 18.4 Å². The molecule has 0 saturated heterocycles. The van der Waals surface area contributed by atoms with Crippen molar-refractivity contribution in [1.82, 2.24) is 15.5 Å². The van der Waals surface area contributed by atoms with Crippen LogP contribution in [0.4, 0.5) is 0 Å². The first-order valence-corrected chi connectivity index (χ1v) is 10.5. The van der Waals surface area contributed by atoms with Crippen molar-refractivity contribution < 1.29 is 14.1 Å². The van der Waals surface area contributed by atoms with E-state index >= 15 is 0 Å².